The van der Waals surface area contributed by atoms with E-state index in [2.05, 4.69) is 5.32 Å². The minimum Gasteiger partial charge on any atom is -0.489 e. The van der Waals surface area contributed by atoms with Gasteiger partial charge in [0.2, 0.25) is 0 Å². The van der Waals surface area contributed by atoms with Crippen molar-refractivity contribution in [1.82, 2.24) is 0 Å². The average molecular weight is 610 g/mol. The average Bonchev–Trinajstić information content (AvgIpc) is 3.22. The van der Waals surface area contributed by atoms with Crippen LogP contribution in [0.2, 0.25) is 10.0 Å². The number of carbonyl (C=O) groups excluding carboxylic acids is 2. The number of nitrogens with zero attached hydrogens (tertiary/aromatic N) is 1. The molecule has 0 aliphatic carbocycles. The van der Waals surface area contributed by atoms with Gasteiger partial charge in [-0.3, -0.25) is 14.5 Å². The summed E-state index contributed by atoms with van der Waals surface area (Å²) in [6, 6.07) is 24.6. The summed E-state index contributed by atoms with van der Waals surface area (Å²) in [6.07, 6.45) is 1.75. The van der Waals surface area contributed by atoms with Crippen molar-refractivity contribution in [2.45, 2.75) is 6.61 Å². The van der Waals surface area contributed by atoms with Crippen LogP contribution in [-0.2, 0) is 11.4 Å². The lowest BCUT2D eigenvalue weighted by atomic mass is 10.1. The third-order valence-electron chi connectivity index (χ3n) is 5.85. The lowest BCUT2D eigenvalue weighted by Crippen LogP contribution is -2.27. The number of benzene rings is 4. The van der Waals surface area contributed by atoms with Gasteiger partial charge in [0.1, 0.15) is 18.2 Å². The third-order valence-corrected chi connectivity index (χ3v) is 7.74. The predicted octanol–water partition coefficient (Wildman–Crippen LogP) is 8.37. The molecule has 200 valence electrons. The highest BCUT2D eigenvalue weighted by atomic mass is 35.5. The van der Waals surface area contributed by atoms with Crippen LogP contribution >= 0.6 is 47.2 Å². The summed E-state index contributed by atoms with van der Waals surface area (Å²) in [5.41, 5.74) is 2.87. The summed E-state index contributed by atoms with van der Waals surface area (Å²) in [5, 5.41) is 3.81. The summed E-state index contributed by atoms with van der Waals surface area (Å²) in [7, 11) is 0. The first kappa shape index (κ1) is 27.9. The number of halogens is 3. The van der Waals surface area contributed by atoms with Crippen molar-refractivity contribution in [3.05, 3.63) is 128 Å². The van der Waals surface area contributed by atoms with Gasteiger partial charge in [-0.25, -0.2) is 4.39 Å². The second kappa shape index (κ2) is 12.2. The fraction of sp³-hybridized carbons (Fsp3) is 0.0333. The van der Waals surface area contributed by atoms with Gasteiger partial charge in [0.25, 0.3) is 11.8 Å². The number of rotatable bonds is 7. The maximum Gasteiger partial charge on any atom is 0.270 e. The predicted molar refractivity (Wildman–Crippen MR) is 164 cm³/mol. The molecule has 0 atom stereocenters. The molecule has 1 aliphatic heterocycles. The Morgan fingerprint density at radius 1 is 1.00 bits per heavy atom. The normalized spacial score (nSPS) is 14.1. The van der Waals surface area contributed by atoms with Crippen molar-refractivity contribution >= 4 is 80.8 Å². The van der Waals surface area contributed by atoms with E-state index in [9.17, 15) is 14.0 Å². The van der Waals surface area contributed by atoms with Gasteiger partial charge < -0.3 is 10.1 Å². The molecule has 1 aliphatic rings. The van der Waals surface area contributed by atoms with Gasteiger partial charge in [0, 0.05) is 26.9 Å². The van der Waals surface area contributed by atoms with Crippen LogP contribution in [0.25, 0.3) is 6.08 Å². The first-order valence-corrected chi connectivity index (χ1v) is 13.9. The van der Waals surface area contributed by atoms with Gasteiger partial charge in [0.05, 0.1) is 10.6 Å². The van der Waals surface area contributed by atoms with E-state index in [1.165, 1.54) is 40.9 Å². The number of thiocarbonyl (C=S) groups is 1. The quantitative estimate of drug-likeness (QED) is 0.169. The Labute approximate surface area is 249 Å². The van der Waals surface area contributed by atoms with Crippen LogP contribution in [0, 0.1) is 5.82 Å². The summed E-state index contributed by atoms with van der Waals surface area (Å²) < 4.78 is 19.3. The Morgan fingerprint density at radius 2 is 1.75 bits per heavy atom. The first-order valence-electron chi connectivity index (χ1n) is 11.9. The van der Waals surface area contributed by atoms with Crippen molar-refractivity contribution < 1.29 is 18.7 Å². The van der Waals surface area contributed by atoms with E-state index in [1.54, 1.807) is 54.6 Å². The molecule has 0 saturated carbocycles. The Balaban J connectivity index is 1.26. The van der Waals surface area contributed by atoms with E-state index in [-0.39, 0.29) is 12.5 Å². The highest BCUT2D eigenvalue weighted by molar-refractivity contribution is 8.27. The number of ether oxygens (including phenoxy) is 1. The number of hydrogen-bond acceptors (Lipinski definition) is 5. The molecular formula is C30H19Cl2FN2O3S2. The van der Waals surface area contributed by atoms with Crippen molar-refractivity contribution in [2.24, 2.45) is 0 Å². The molecule has 1 N–H and O–H groups in total. The maximum atomic E-state index is 13.3. The molecule has 2 amide bonds. The molecule has 0 radical (unpaired) electrons. The zero-order valence-corrected chi connectivity index (χ0v) is 23.7. The van der Waals surface area contributed by atoms with Crippen LogP contribution in [0.4, 0.5) is 15.8 Å². The molecule has 0 unspecified atom stereocenters. The highest BCUT2D eigenvalue weighted by Gasteiger charge is 2.33. The standard InChI is InChI=1S/C30H19Cl2FN2O3S2/c31-21-7-6-20(26(32)16-21)17-38-25-12-4-18(5-13-25)14-27-29(37)35(30(39)40-27)24-3-1-2-19(15-24)28(36)34-23-10-8-22(33)9-11-23/h1-16H,17H2,(H,34,36)/b27-14+. The minimum atomic E-state index is -0.397. The van der Waals surface area contributed by atoms with E-state index in [4.69, 9.17) is 40.2 Å². The summed E-state index contributed by atoms with van der Waals surface area (Å²) in [5.74, 6) is -0.434. The number of carbonyl (C=O) groups is 2. The van der Waals surface area contributed by atoms with Crippen molar-refractivity contribution in [3.8, 4) is 5.75 Å². The van der Waals surface area contributed by atoms with Gasteiger partial charge in [-0.15, -0.1) is 0 Å². The highest BCUT2D eigenvalue weighted by Crippen LogP contribution is 2.36. The van der Waals surface area contributed by atoms with Crippen LogP contribution in [-0.4, -0.2) is 16.1 Å². The number of hydrogen-bond donors (Lipinski definition) is 1. The molecule has 4 aromatic carbocycles. The van der Waals surface area contributed by atoms with Gasteiger partial charge >= 0.3 is 0 Å². The molecule has 4 aromatic rings. The second-order valence-corrected chi connectivity index (χ2v) is 11.1. The molecule has 0 bridgehead atoms. The summed E-state index contributed by atoms with van der Waals surface area (Å²) >= 11 is 18.8. The Kier molecular flexibility index (Phi) is 8.52. The number of nitrogens with one attached hydrogen (secondary N) is 1. The lowest BCUT2D eigenvalue weighted by Gasteiger charge is -2.15. The molecule has 0 aromatic heterocycles. The van der Waals surface area contributed by atoms with Gasteiger partial charge in [-0.05, 0) is 78.4 Å². The molecule has 1 fully saturated rings. The van der Waals surface area contributed by atoms with Gasteiger partial charge in [-0.1, -0.05) is 71.4 Å². The van der Waals surface area contributed by atoms with Crippen LogP contribution in [0.1, 0.15) is 21.5 Å². The molecule has 0 spiro atoms. The van der Waals surface area contributed by atoms with E-state index >= 15 is 0 Å². The zero-order valence-electron chi connectivity index (χ0n) is 20.6. The Hall–Kier alpha value is -3.69. The fourth-order valence-corrected chi connectivity index (χ4v) is 5.59. The summed E-state index contributed by atoms with van der Waals surface area (Å²) in [4.78, 5) is 27.9. The topological polar surface area (TPSA) is 58.6 Å². The SMILES string of the molecule is O=C(Nc1ccc(F)cc1)c1cccc(N2C(=O)/C(=C\c3ccc(OCc4ccc(Cl)cc4Cl)cc3)SC2=S)c1. The van der Waals surface area contributed by atoms with Crippen molar-refractivity contribution in [3.63, 3.8) is 0 Å². The smallest absolute Gasteiger partial charge is 0.270 e. The molecule has 10 heteroatoms. The van der Waals surface area contributed by atoms with E-state index in [0.29, 0.717) is 42.0 Å². The second-order valence-electron chi connectivity index (χ2n) is 8.62. The molecule has 1 saturated heterocycles. The number of amides is 2. The van der Waals surface area contributed by atoms with Crippen LogP contribution in [0.5, 0.6) is 5.75 Å². The van der Waals surface area contributed by atoms with Crippen LogP contribution in [0.3, 0.4) is 0 Å². The largest absolute Gasteiger partial charge is 0.489 e. The van der Waals surface area contributed by atoms with E-state index in [0.717, 1.165) is 11.1 Å². The van der Waals surface area contributed by atoms with E-state index < -0.39 is 11.7 Å². The van der Waals surface area contributed by atoms with Gasteiger partial charge in [0.15, 0.2) is 4.32 Å². The van der Waals surface area contributed by atoms with Crippen molar-refractivity contribution in [2.75, 3.05) is 10.2 Å². The molecule has 1 heterocycles. The third kappa shape index (κ3) is 6.54. The molecule has 5 rings (SSSR count). The van der Waals surface area contributed by atoms with Crippen LogP contribution in [0.15, 0.2) is 95.9 Å². The molecule has 5 nitrogen and oxygen atoms in total. The fourth-order valence-electron chi connectivity index (χ4n) is 3.82. The lowest BCUT2D eigenvalue weighted by molar-refractivity contribution is -0.113. The summed E-state index contributed by atoms with van der Waals surface area (Å²) in [6.45, 7) is 0.287. The minimum absolute atomic E-state index is 0.287. The van der Waals surface area contributed by atoms with E-state index in [1.807, 2.05) is 18.2 Å². The monoisotopic (exact) mass is 608 g/mol. The van der Waals surface area contributed by atoms with Gasteiger partial charge in [-0.2, -0.15) is 0 Å². The zero-order chi connectivity index (χ0) is 28.2. The number of anilines is 2. The number of thioether (sulfide) groups is 1. The molecule has 40 heavy (non-hydrogen) atoms. The molecular weight excluding hydrogens is 590 g/mol. The Morgan fingerprint density at radius 3 is 2.48 bits per heavy atom. The first-order chi connectivity index (χ1) is 19.3. The van der Waals surface area contributed by atoms with Crippen molar-refractivity contribution in [1.29, 1.82) is 0 Å². The maximum absolute atomic E-state index is 13.3. The van der Waals surface area contributed by atoms with Crippen LogP contribution < -0.4 is 15.0 Å². The Bertz CT molecular complexity index is 1640.